The zero-order valence-electron chi connectivity index (χ0n) is 10.9. The predicted octanol–water partition coefficient (Wildman–Crippen LogP) is 2.01. The summed E-state index contributed by atoms with van der Waals surface area (Å²) in [6, 6.07) is 0. The molecule has 2 fully saturated rings. The molecule has 1 unspecified atom stereocenters. The second-order valence-electron chi connectivity index (χ2n) is 4.16. The zero-order valence-corrected chi connectivity index (χ0v) is 10.9. The third-order valence-corrected chi connectivity index (χ3v) is 3.10. The molecule has 3 atom stereocenters. The topological polar surface area (TPSA) is 44.5 Å². The van der Waals surface area contributed by atoms with Gasteiger partial charge in [0.05, 0.1) is 13.2 Å². The van der Waals surface area contributed by atoms with Crippen LogP contribution in [-0.2, 0) is 9.47 Å². The Morgan fingerprint density at radius 1 is 1.31 bits per heavy atom. The smallest absolute Gasteiger partial charge is 0.148 e. The van der Waals surface area contributed by atoms with Gasteiger partial charge in [-0.3, -0.25) is 0 Å². The van der Waals surface area contributed by atoms with Crippen LogP contribution >= 0.6 is 0 Å². The molecular weight excluding hydrogens is 202 g/mol. The lowest BCUT2D eigenvalue weighted by Gasteiger charge is -2.30. The standard InChI is InChI=1S/C9H17NO2.C2H6.C2H2/c1-6(2)7-5-11-8-3-4-12-9(7,8)10;2*1-2/h6-8H,3-5,10H2,1-2H3;1-2H3;1-2H/t7?,8-,9-;;/m1../s1. The molecule has 2 rings (SSSR count). The first-order valence-corrected chi connectivity index (χ1v) is 6.02. The van der Waals surface area contributed by atoms with E-state index < -0.39 is 5.72 Å². The van der Waals surface area contributed by atoms with Gasteiger partial charge < -0.3 is 15.2 Å². The lowest BCUT2D eigenvalue weighted by molar-refractivity contribution is -0.0478. The molecule has 0 amide bonds. The minimum Gasteiger partial charge on any atom is -0.373 e. The minimum absolute atomic E-state index is 0.143. The van der Waals surface area contributed by atoms with Crippen molar-refractivity contribution in [3.8, 4) is 12.8 Å². The van der Waals surface area contributed by atoms with Crippen LogP contribution in [0.1, 0.15) is 34.1 Å². The van der Waals surface area contributed by atoms with Crippen LogP contribution in [0.3, 0.4) is 0 Å². The normalized spacial score (nSPS) is 35.8. The second-order valence-corrected chi connectivity index (χ2v) is 4.16. The van der Waals surface area contributed by atoms with Crippen molar-refractivity contribution < 1.29 is 9.47 Å². The quantitative estimate of drug-likeness (QED) is 0.697. The van der Waals surface area contributed by atoms with Gasteiger partial charge in [-0.1, -0.05) is 27.7 Å². The van der Waals surface area contributed by atoms with E-state index in [0.29, 0.717) is 11.8 Å². The molecule has 0 aromatic carbocycles. The van der Waals surface area contributed by atoms with Crippen LogP contribution in [0.15, 0.2) is 0 Å². The molecule has 0 saturated carbocycles. The Morgan fingerprint density at radius 3 is 2.38 bits per heavy atom. The molecule has 2 aliphatic heterocycles. The van der Waals surface area contributed by atoms with E-state index in [2.05, 4.69) is 26.7 Å². The molecule has 0 aromatic heterocycles. The van der Waals surface area contributed by atoms with Crippen LogP contribution in [-0.4, -0.2) is 25.0 Å². The Hall–Kier alpha value is -0.560. The summed E-state index contributed by atoms with van der Waals surface area (Å²) in [5.74, 6) is 0.906. The second kappa shape index (κ2) is 6.90. The zero-order chi connectivity index (χ0) is 12.8. The molecule has 2 saturated heterocycles. The van der Waals surface area contributed by atoms with Crippen LogP contribution in [0.2, 0.25) is 0 Å². The van der Waals surface area contributed by atoms with E-state index in [1.807, 2.05) is 13.8 Å². The molecule has 16 heavy (non-hydrogen) atoms. The van der Waals surface area contributed by atoms with E-state index in [-0.39, 0.29) is 6.10 Å². The number of ether oxygens (including phenoxy) is 2. The van der Waals surface area contributed by atoms with Crippen molar-refractivity contribution in [3.63, 3.8) is 0 Å². The lowest BCUT2D eigenvalue weighted by atomic mass is 9.86. The Balaban J connectivity index is 0.000000509. The Morgan fingerprint density at radius 2 is 1.88 bits per heavy atom. The maximum Gasteiger partial charge on any atom is 0.148 e. The van der Waals surface area contributed by atoms with E-state index in [1.54, 1.807) is 0 Å². The molecule has 0 aromatic rings. The first-order chi connectivity index (χ1) is 7.64. The molecule has 0 spiro atoms. The number of terminal acetylenes is 1. The fourth-order valence-electron chi connectivity index (χ4n) is 2.28. The highest BCUT2D eigenvalue weighted by molar-refractivity contribution is 4.99. The van der Waals surface area contributed by atoms with Gasteiger partial charge >= 0.3 is 0 Å². The molecule has 3 nitrogen and oxygen atoms in total. The number of fused-ring (bicyclic) bond motifs is 1. The summed E-state index contributed by atoms with van der Waals surface area (Å²) in [6.45, 7) is 9.86. The van der Waals surface area contributed by atoms with Crippen molar-refractivity contribution in [1.82, 2.24) is 0 Å². The maximum absolute atomic E-state index is 6.16. The SMILES string of the molecule is C#C.CC.CC(C)C1CO[C@@H]2CCO[C@]12N. The average Bonchev–Trinajstić information content (AvgIpc) is 2.79. The number of hydrogen-bond donors (Lipinski definition) is 1. The number of nitrogens with two attached hydrogens (primary N) is 1. The lowest BCUT2D eigenvalue weighted by Crippen LogP contribution is -2.52. The van der Waals surface area contributed by atoms with Gasteiger partial charge in [0.25, 0.3) is 0 Å². The molecule has 0 bridgehead atoms. The van der Waals surface area contributed by atoms with E-state index in [4.69, 9.17) is 15.2 Å². The summed E-state index contributed by atoms with van der Waals surface area (Å²) in [6.07, 6.45) is 9.10. The summed E-state index contributed by atoms with van der Waals surface area (Å²) >= 11 is 0. The fourth-order valence-corrected chi connectivity index (χ4v) is 2.28. The Labute approximate surface area is 99.7 Å². The summed E-state index contributed by atoms with van der Waals surface area (Å²) in [4.78, 5) is 0. The van der Waals surface area contributed by atoms with Crippen molar-refractivity contribution in [2.24, 2.45) is 17.6 Å². The third kappa shape index (κ3) is 2.76. The number of hydrogen-bond acceptors (Lipinski definition) is 3. The number of rotatable bonds is 1. The Bertz CT molecular complexity index is 215. The van der Waals surface area contributed by atoms with Crippen molar-refractivity contribution in [1.29, 1.82) is 0 Å². The molecule has 0 aliphatic carbocycles. The maximum atomic E-state index is 6.16. The van der Waals surface area contributed by atoms with E-state index in [9.17, 15) is 0 Å². The molecule has 2 N–H and O–H groups in total. The molecule has 2 heterocycles. The van der Waals surface area contributed by atoms with Gasteiger partial charge in [-0.25, -0.2) is 0 Å². The van der Waals surface area contributed by atoms with Crippen LogP contribution in [0.5, 0.6) is 0 Å². The first-order valence-electron chi connectivity index (χ1n) is 6.02. The van der Waals surface area contributed by atoms with Gasteiger partial charge in [0.2, 0.25) is 0 Å². The fraction of sp³-hybridized carbons (Fsp3) is 0.846. The van der Waals surface area contributed by atoms with Crippen LogP contribution in [0, 0.1) is 24.7 Å². The highest BCUT2D eigenvalue weighted by Crippen LogP contribution is 2.40. The highest BCUT2D eigenvalue weighted by Gasteiger charge is 2.53. The summed E-state index contributed by atoms with van der Waals surface area (Å²) in [5, 5.41) is 0. The summed E-state index contributed by atoms with van der Waals surface area (Å²) < 4.78 is 11.2. The van der Waals surface area contributed by atoms with Gasteiger partial charge in [-0.05, 0) is 5.92 Å². The Kier molecular flexibility index (Phi) is 6.66. The van der Waals surface area contributed by atoms with Crippen LogP contribution in [0.25, 0.3) is 0 Å². The van der Waals surface area contributed by atoms with Gasteiger partial charge in [-0.15, -0.1) is 12.8 Å². The van der Waals surface area contributed by atoms with Crippen molar-refractivity contribution >= 4 is 0 Å². The van der Waals surface area contributed by atoms with Crippen LogP contribution in [0.4, 0.5) is 0 Å². The molecule has 3 heteroatoms. The van der Waals surface area contributed by atoms with Gasteiger partial charge in [-0.2, -0.15) is 0 Å². The van der Waals surface area contributed by atoms with Gasteiger partial charge in [0, 0.05) is 12.3 Å². The molecule has 0 radical (unpaired) electrons. The summed E-state index contributed by atoms with van der Waals surface area (Å²) in [5.41, 5.74) is 5.68. The molecule has 2 aliphatic rings. The van der Waals surface area contributed by atoms with E-state index in [0.717, 1.165) is 19.6 Å². The monoisotopic (exact) mass is 227 g/mol. The average molecular weight is 227 g/mol. The van der Waals surface area contributed by atoms with Crippen LogP contribution < -0.4 is 5.73 Å². The predicted molar refractivity (Wildman–Crippen MR) is 66.8 cm³/mol. The van der Waals surface area contributed by atoms with Crippen molar-refractivity contribution in [3.05, 3.63) is 0 Å². The largest absolute Gasteiger partial charge is 0.373 e. The van der Waals surface area contributed by atoms with E-state index in [1.165, 1.54) is 0 Å². The van der Waals surface area contributed by atoms with Gasteiger partial charge in [0.15, 0.2) is 0 Å². The van der Waals surface area contributed by atoms with Crippen molar-refractivity contribution in [2.75, 3.05) is 13.2 Å². The third-order valence-electron chi connectivity index (χ3n) is 3.10. The highest BCUT2D eigenvalue weighted by atomic mass is 16.6. The van der Waals surface area contributed by atoms with Crippen molar-refractivity contribution in [2.45, 2.75) is 45.9 Å². The van der Waals surface area contributed by atoms with E-state index >= 15 is 0 Å². The minimum atomic E-state index is -0.478. The molecular formula is C13H25NO2. The summed E-state index contributed by atoms with van der Waals surface area (Å²) in [7, 11) is 0. The first kappa shape index (κ1) is 15.4. The van der Waals surface area contributed by atoms with Gasteiger partial charge in [0.1, 0.15) is 11.8 Å². The molecule has 94 valence electrons.